The second-order valence-corrected chi connectivity index (χ2v) is 5.55. The quantitative estimate of drug-likeness (QED) is 0.825. The Morgan fingerprint density at radius 3 is 2.26 bits per heavy atom. The molecule has 0 aliphatic heterocycles. The fourth-order valence-electron chi connectivity index (χ4n) is 1.36. The Morgan fingerprint density at radius 1 is 1.30 bits per heavy atom. The van der Waals surface area contributed by atoms with Crippen LogP contribution in [0, 0.1) is 6.92 Å². The summed E-state index contributed by atoms with van der Waals surface area (Å²) in [5, 5.41) is 12.0. The van der Waals surface area contributed by atoms with Gasteiger partial charge in [0.25, 0.3) is 10.0 Å². The SMILES string of the molecule is Cc1nccn1-c1ccnc(S(N)(=O)=O)c1.O=C(O)C(F)(F)F. The van der Waals surface area contributed by atoms with Crippen molar-refractivity contribution >= 4 is 16.0 Å². The smallest absolute Gasteiger partial charge is 0.475 e. The van der Waals surface area contributed by atoms with Crippen molar-refractivity contribution < 1.29 is 31.5 Å². The number of aromatic nitrogens is 3. The van der Waals surface area contributed by atoms with Gasteiger partial charge < -0.3 is 9.67 Å². The van der Waals surface area contributed by atoms with Crippen LogP contribution in [0.5, 0.6) is 0 Å². The van der Waals surface area contributed by atoms with E-state index in [9.17, 15) is 21.6 Å². The molecule has 0 unspecified atom stereocenters. The van der Waals surface area contributed by atoms with Gasteiger partial charge in [-0.15, -0.1) is 0 Å². The summed E-state index contributed by atoms with van der Waals surface area (Å²) in [5.41, 5.74) is 0.661. The summed E-state index contributed by atoms with van der Waals surface area (Å²) in [6, 6.07) is 3.09. The number of hydrogen-bond donors (Lipinski definition) is 2. The first kappa shape index (κ1) is 18.6. The molecule has 0 amide bonds. The van der Waals surface area contributed by atoms with Crippen LogP contribution in [0.3, 0.4) is 0 Å². The summed E-state index contributed by atoms with van der Waals surface area (Å²) in [6.45, 7) is 1.82. The second-order valence-electron chi connectivity index (χ2n) is 4.04. The molecule has 23 heavy (non-hydrogen) atoms. The molecule has 8 nitrogen and oxygen atoms in total. The number of rotatable bonds is 2. The van der Waals surface area contributed by atoms with Crippen LogP contribution in [0.1, 0.15) is 5.82 Å². The molecular weight excluding hydrogens is 341 g/mol. The summed E-state index contributed by atoms with van der Waals surface area (Å²) < 4.78 is 55.7. The number of carbonyl (C=O) groups is 1. The van der Waals surface area contributed by atoms with E-state index in [1.807, 2.05) is 6.92 Å². The number of imidazole rings is 1. The van der Waals surface area contributed by atoms with E-state index in [1.54, 1.807) is 23.0 Å². The van der Waals surface area contributed by atoms with Crippen LogP contribution >= 0.6 is 0 Å². The first-order valence-electron chi connectivity index (χ1n) is 5.72. The Kier molecular flexibility index (Phi) is 5.45. The minimum Gasteiger partial charge on any atom is -0.475 e. The monoisotopic (exact) mass is 352 g/mol. The van der Waals surface area contributed by atoms with Gasteiger partial charge in [-0.05, 0) is 13.0 Å². The average molecular weight is 352 g/mol. The maximum atomic E-state index is 11.1. The molecule has 126 valence electrons. The Morgan fingerprint density at radius 2 is 1.87 bits per heavy atom. The molecule has 0 radical (unpaired) electrons. The van der Waals surface area contributed by atoms with Crippen molar-refractivity contribution in [3.63, 3.8) is 0 Å². The Labute approximate surface area is 128 Å². The standard InChI is InChI=1S/C9H10N4O2S.C2HF3O2/c1-7-11-4-5-13(7)8-2-3-12-9(6-8)16(10,14)15;3-2(4,5)1(6)7/h2-6H,1H3,(H2,10,14,15);(H,6,7). The highest BCUT2D eigenvalue weighted by Gasteiger charge is 2.38. The highest BCUT2D eigenvalue weighted by molar-refractivity contribution is 7.89. The van der Waals surface area contributed by atoms with Gasteiger partial charge in [0, 0.05) is 24.7 Å². The van der Waals surface area contributed by atoms with Crippen molar-refractivity contribution in [1.29, 1.82) is 0 Å². The number of hydrogen-bond acceptors (Lipinski definition) is 5. The zero-order valence-electron chi connectivity index (χ0n) is 11.5. The molecular formula is C11H11F3N4O4S. The van der Waals surface area contributed by atoms with E-state index in [-0.39, 0.29) is 5.03 Å². The molecule has 0 atom stereocenters. The molecule has 2 rings (SSSR count). The number of alkyl halides is 3. The number of carboxylic acid groups (broad SMARTS) is 1. The van der Waals surface area contributed by atoms with Crippen LogP contribution in [0.25, 0.3) is 5.69 Å². The number of sulfonamides is 1. The van der Waals surface area contributed by atoms with E-state index in [0.717, 1.165) is 5.82 Å². The van der Waals surface area contributed by atoms with Gasteiger partial charge in [0.15, 0.2) is 5.03 Å². The predicted octanol–water partition coefficient (Wildman–Crippen LogP) is 0.856. The zero-order chi connectivity index (χ0) is 17.8. The number of nitrogens with zero attached hydrogens (tertiary/aromatic N) is 3. The molecule has 0 aliphatic carbocycles. The number of pyridine rings is 1. The van der Waals surface area contributed by atoms with Crippen LogP contribution < -0.4 is 5.14 Å². The van der Waals surface area contributed by atoms with E-state index < -0.39 is 22.2 Å². The summed E-state index contributed by atoms with van der Waals surface area (Å²) in [6.07, 6.45) is -0.321. The maximum Gasteiger partial charge on any atom is 0.490 e. The second kappa shape index (κ2) is 6.75. The molecule has 0 saturated carbocycles. The van der Waals surface area contributed by atoms with Crippen LogP contribution in [-0.4, -0.2) is 40.2 Å². The molecule has 0 aliphatic rings. The van der Waals surface area contributed by atoms with Crippen LogP contribution in [-0.2, 0) is 14.8 Å². The highest BCUT2D eigenvalue weighted by atomic mass is 32.2. The number of primary sulfonamides is 1. The fraction of sp³-hybridized carbons (Fsp3) is 0.182. The van der Waals surface area contributed by atoms with E-state index in [4.69, 9.17) is 15.0 Å². The third kappa shape index (κ3) is 5.34. The van der Waals surface area contributed by atoms with Gasteiger partial charge in [-0.1, -0.05) is 0 Å². The highest BCUT2D eigenvalue weighted by Crippen LogP contribution is 2.13. The zero-order valence-corrected chi connectivity index (χ0v) is 12.3. The lowest BCUT2D eigenvalue weighted by molar-refractivity contribution is -0.192. The van der Waals surface area contributed by atoms with E-state index in [1.165, 1.54) is 12.3 Å². The minimum absolute atomic E-state index is 0.155. The summed E-state index contributed by atoms with van der Waals surface area (Å²) in [4.78, 5) is 16.6. The molecule has 12 heteroatoms. The summed E-state index contributed by atoms with van der Waals surface area (Å²) in [7, 11) is -3.77. The Bertz CT molecular complexity index is 802. The fourth-order valence-corrected chi connectivity index (χ4v) is 1.85. The Balaban J connectivity index is 0.000000322. The number of halogens is 3. The topological polar surface area (TPSA) is 128 Å². The van der Waals surface area contributed by atoms with E-state index in [0.29, 0.717) is 5.69 Å². The number of aryl methyl sites for hydroxylation is 1. The van der Waals surface area contributed by atoms with Crippen LogP contribution in [0.15, 0.2) is 35.7 Å². The van der Waals surface area contributed by atoms with Crippen molar-refractivity contribution in [2.24, 2.45) is 5.14 Å². The molecule has 0 aromatic carbocycles. The lowest BCUT2D eigenvalue weighted by atomic mass is 10.4. The molecule has 0 spiro atoms. The van der Waals surface area contributed by atoms with Gasteiger partial charge in [-0.2, -0.15) is 13.2 Å². The number of carboxylic acids is 1. The van der Waals surface area contributed by atoms with Gasteiger partial charge >= 0.3 is 12.1 Å². The van der Waals surface area contributed by atoms with Crippen LogP contribution in [0.4, 0.5) is 13.2 Å². The average Bonchev–Trinajstić information content (AvgIpc) is 2.84. The Hall–Kier alpha value is -2.47. The summed E-state index contributed by atoms with van der Waals surface area (Å²) >= 11 is 0. The molecule has 0 saturated heterocycles. The molecule has 2 aromatic heterocycles. The molecule has 0 bridgehead atoms. The van der Waals surface area contributed by atoms with Gasteiger partial charge in [-0.25, -0.2) is 28.3 Å². The number of nitrogens with two attached hydrogens (primary N) is 1. The van der Waals surface area contributed by atoms with Crippen LogP contribution in [0.2, 0.25) is 0 Å². The van der Waals surface area contributed by atoms with Gasteiger partial charge in [0.05, 0.1) is 5.69 Å². The van der Waals surface area contributed by atoms with Crippen molar-refractivity contribution in [3.05, 3.63) is 36.5 Å². The first-order valence-corrected chi connectivity index (χ1v) is 7.27. The third-order valence-electron chi connectivity index (χ3n) is 2.36. The predicted molar refractivity (Wildman–Crippen MR) is 71.2 cm³/mol. The minimum atomic E-state index is -5.08. The third-order valence-corrected chi connectivity index (χ3v) is 3.16. The lowest BCUT2D eigenvalue weighted by Gasteiger charge is -2.05. The first-order chi connectivity index (χ1) is 10.4. The van der Waals surface area contributed by atoms with Crippen molar-refractivity contribution in [2.75, 3.05) is 0 Å². The molecule has 2 aromatic rings. The molecule has 2 heterocycles. The van der Waals surface area contributed by atoms with Crippen molar-refractivity contribution in [2.45, 2.75) is 18.1 Å². The van der Waals surface area contributed by atoms with E-state index in [2.05, 4.69) is 9.97 Å². The molecule has 0 fully saturated rings. The van der Waals surface area contributed by atoms with Gasteiger partial charge in [0.2, 0.25) is 0 Å². The van der Waals surface area contributed by atoms with Gasteiger partial charge in [-0.3, -0.25) is 0 Å². The lowest BCUT2D eigenvalue weighted by Crippen LogP contribution is -2.21. The largest absolute Gasteiger partial charge is 0.490 e. The summed E-state index contributed by atoms with van der Waals surface area (Å²) in [5.74, 6) is -2.00. The maximum absolute atomic E-state index is 11.1. The number of aliphatic carboxylic acids is 1. The van der Waals surface area contributed by atoms with E-state index >= 15 is 0 Å². The van der Waals surface area contributed by atoms with Crippen molar-refractivity contribution in [3.8, 4) is 5.69 Å². The van der Waals surface area contributed by atoms with Gasteiger partial charge in [0.1, 0.15) is 5.82 Å². The van der Waals surface area contributed by atoms with Crippen molar-refractivity contribution in [1.82, 2.24) is 14.5 Å². The normalized spacial score (nSPS) is 11.5. The molecule has 3 N–H and O–H groups in total.